The van der Waals surface area contributed by atoms with E-state index in [0.717, 1.165) is 18.4 Å². The molecule has 4 rings (SSSR count). The SMILES string of the molecule is Cc1cc2c(C3=C(CN(C)C)C4CCC3C4)cccc2s1. The van der Waals surface area contributed by atoms with Crippen LogP contribution in [0, 0.1) is 18.8 Å². The zero-order chi connectivity index (χ0) is 14.6. The van der Waals surface area contributed by atoms with Gasteiger partial charge in [-0.3, -0.25) is 0 Å². The van der Waals surface area contributed by atoms with E-state index in [9.17, 15) is 0 Å². The zero-order valence-corrected chi connectivity index (χ0v) is 14.0. The normalized spacial score (nSPS) is 24.8. The summed E-state index contributed by atoms with van der Waals surface area (Å²) in [5.74, 6) is 1.66. The van der Waals surface area contributed by atoms with Crippen LogP contribution in [-0.2, 0) is 0 Å². The number of nitrogens with zero attached hydrogens (tertiary/aromatic N) is 1. The van der Waals surface area contributed by atoms with E-state index in [1.165, 1.54) is 39.8 Å². The lowest BCUT2D eigenvalue weighted by Crippen LogP contribution is -2.19. The van der Waals surface area contributed by atoms with Crippen molar-refractivity contribution in [3.8, 4) is 0 Å². The van der Waals surface area contributed by atoms with Gasteiger partial charge in [0.2, 0.25) is 0 Å². The van der Waals surface area contributed by atoms with Crippen LogP contribution in [0.1, 0.15) is 29.7 Å². The number of likely N-dealkylation sites (N-methyl/N-ethyl adjacent to an activating group) is 1. The van der Waals surface area contributed by atoms with E-state index >= 15 is 0 Å². The molecule has 1 aromatic heterocycles. The molecule has 2 aromatic rings. The lowest BCUT2D eigenvalue weighted by molar-refractivity contribution is 0.423. The van der Waals surface area contributed by atoms with Gasteiger partial charge in [0, 0.05) is 21.5 Å². The summed E-state index contributed by atoms with van der Waals surface area (Å²) >= 11 is 1.93. The van der Waals surface area contributed by atoms with Crippen molar-refractivity contribution in [2.24, 2.45) is 11.8 Å². The van der Waals surface area contributed by atoms with Crippen LogP contribution in [0.15, 0.2) is 29.8 Å². The third-order valence-electron chi connectivity index (χ3n) is 5.14. The van der Waals surface area contributed by atoms with Crippen LogP contribution in [0.25, 0.3) is 15.7 Å². The quantitative estimate of drug-likeness (QED) is 0.774. The van der Waals surface area contributed by atoms with Crippen LogP contribution in [-0.4, -0.2) is 25.5 Å². The molecule has 2 atom stereocenters. The molecule has 2 bridgehead atoms. The maximum atomic E-state index is 2.39. The van der Waals surface area contributed by atoms with Gasteiger partial charge in [0.05, 0.1) is 0 Å². The predicted octanol–water partition coefficient (Wildman–Crippen LogP) is 4.95. The van der Waals surface area contributed by atoms with Crippen molar-refractivity contribution in [1.29, 1.82) is 0 Å². The van der Waals surface area contributed by atoms with Crippen LogP contribution in [0.3, 0.4) is 0 Å². The molecule has 0 saturated heterocycles. The molecule has 0 radical (unpaired) electrons. The molecule has 1 fully saturated rings. The molecule has 0 amide bonds. The van der Waals surface area contributed by atoms with Gasteiger partial charge >= 0.3 is 0 Å². The summed E-state index contributed by atoms with van der Waals surface area (Å²) in [6.07, 6.45) is 4.21. The molecule has 2 aliphatic carbocycles. The Morgan fingerprint density at radius 3 is 2.81 bits per heavy atom. The average molecular weight is 297 g/mol. The fraction of sp³-hybridized carbons (Fsp3) is 0.474. The third-order valence-corrected chi connectivity index (χ3v) is 6.16. The summed E-state index contributed by atoms with van der Waals surface area (Å²) in [4.78, 5) is 3.77. The van der Waals surface area contributed by atoms with Gasteiger partial charge in [-0.05, 0) is 81.0 Å². The number of thiophene rings is 1. The largest absolute Gasteiger partial charge is 0.305 e. The van der Waals surface area contributed by atoms with Gasteiger partial charge in [0.25, 0.3) is 0 Å². The van der Waals surface area contributed by atoms with E-state index < -0.39 is 0 Å². The first kappa shape index (κ1) is 13.5. The van der Waals surface area contributed by atoms with Gasteiger partial charge in [0.1, 0.15) is 0 Å². The zero-order valence-electron chi connectivity index (χ0n) is 13.1. The third kappa shape index (κ3) is 2.16. The van der Waals surface area contributed by atoms with Crippen molar-refractivity contribution >= 4 is 27.0 Å². The highest BCUT2D eigenvalue weighted by Crippen LogP contribution is 2.53. The van der Waals surface area contributed by atoms with Gasteiger partial charge < -0.3 is 4.90 Å². The van der Waals surface area contributed by atoms with Gasteiger partial charge in [-0.2, -0.15) is 0 Å². The average Bonchev–Trinajstić information content (AvgIpc) is 3.10. The van der Waals surface area contributed by atoms with Gasteiger partial charge in [-0.15, -0.1) is 11.3 Å². The molecular formula is C19H23NS. The lowest BCUT2D eigenvalue weighted by Gasteiger charge is -2.23. The molecule has 1 saturated carbocycles. The van der Waals surface area contributed by atoms with Crippen LogP contribution in [0.5, 0.6) is 0 Å². The molecule has 1 aromatic carbocycles. The summed E-state index contributed by atoms with van der Waals surface area (Å²) in [6, 6.07) is 9.28. The van der Waals surface area contributed by atoms with Gasteiger partial charge in [0.15, 0.2) is 0 Å². The van der Waals surface area contributed by atoms with E-state index in [1.54, 1.807) is 11.1 Å². The number of rotatable bonds is 3. The highest BCUT2D eigenvalue weighted by molar-refractivity contribution is 7.19. The maximum Gasteiger partial charge on any atom is 0.0351 e. The van der Waals surface area contributed by atoms with Crippen molar-refractivity contribution in [3.63, 3.8) is 0 Å². The van der Waals surface area contributed by atoms with Crippen LogP contribution in [0.4, 0.5) is 0 Å². The number of aryl methyl sites for hydroxylation is 1. The van der Waals surface area contributed by atoms with Crippen molar-refractivity contribution in [2.45, 2.75) is 26.2 Å². The maximum absolute atomic E-state index is 2.39. The number of benzene rings is 1. The first-order valence-corrected chi connectivity index (χ1v) is 8.82. The van der Waals surface area contributed by atoms with Crippen LogP contribution in [0.2, 0.25) is 0 Å². The summed E-state index contributed by atoms with van der Waals surface area (Å²) in [5.41, 5.74) is 4.96. The number of allylic oxidation sites excluding steroid dienone is 1. The van der Waals surface area contributed by atoms with E-state index in [1.807, 2.05) is 11.3 Å². The number of hydrogen-bond acceptors (Lipinski definition) is 2. The van der Waals surface area contributed by atoms with E-state index in [-0.39, 0.29) is 0 Å². The monoisotopic (exact) mass is 297 g/mol. The van der Waals surface area contributed by atoms with Crippen molar-refractivity contribution in [2.75, 3.05) is 20.6 Å². The van der Waals surface area contributed by atoms with Crippen LogP contribution >= 0.6 is 11.3 Å². The first-order valence-electron chi connectivity index (χ1n) is 8.00. The number of hydrogen-bond donors (Lipinski definition) is 0. The fourth-order valence-corrected chi connectivity index (χ4v) is 5.36. The van der Waals surface area contributed by atoms with E-state index in [0.29, 0.717) is 0 Å². The Morgan fingerprint density at radius 1 is 1.19 bits per heavy atom. The molecule has 21 heavy (non-hydrogen) atoms. The van der Waals surface area contributed by atoms with E-state index in [4.69, 9.17) is 0 Å². The molecular weight excluding hydrogens is 274 g/mol. The Balaban J connectivity index is 1.91. The molecule has 1 nitrogen and oxygen atoms in total. The Hall–Kier alpha value is -1.12. The Bertz CT molecular complexity index is 722. The second-order valence-electron chi connectivity index (χ2n) is 6.96. The minimum atomic E-state index is 0.816. The minimum absolute atomic E-state index is 0.816. The lowest BCUT2D eigenvalue weighted by atomic mass is 9.86. The Labute approximate surface area is 131 Å². The molecule has 110 valence electrons. The van der Waals surface area contributed by atoms with Crippen LogP contribution < -0.4 is 0 Å². The second kappa shape index (κ2) is 4.96. The highest BCUT2D eigenvalue weighted by atomic mass is 32.1. The number of fused-ring (bicyclic) bond motifs is 3. The second-order valence-corrected chi connectivity index (χ2v) is 8.25. The van der Waals surface area contributed by atoms with Gasteiger partial charge in [-0.1, -0.05) is 12.1 Å². The molecule has 2 aliphatic rings. The predicted molar refractivity (Wildman–Crippen MR) is 92.9 cm³/mol. The Morgan fingerprint density at radius 2 is 2.00 bits per heavy atom. The van der Waals surface area contributed by atoms with Crippen molar-refractivity contribution in [1.82, 2.24) is 4.90 Å². The van der Waals surface area contributed by atoms with E-state index in [2.05, 4.69) is 50.2 Å². The Kier molecular flexibility index (Phi) is 3.20. The topological polar surface area (TPSA) is 3.24 Å². The summed E-state index contributed by atoms with van der Waals surface area (Å²) < 4.78 is 1.45. The molecule has 2 heteroatoms. The van der Waals surface area contributed by atoms with Gasteiger partial charge in [-0.25, -0.2) is 0 Å². The minimum Gasteiger partial charge on any atom is -0.305 e. The molecule has 2 unspecified atom stereocenters. The van der Waals surface area contributed by atoms with Crippen molar-refractivity contribution < 1.29 is 0 Å². The summed E-state index contributed by atoms with van der Waals surface area (Å²) in [6.45, 7) is 3.36. The summed E-state index contributed by atoms with van der Waals surface area (Å²) in [5, 5.41) is 1.49. The fourth-order valence-electron chi connectivity index (χ4n) is 4.41. The smallest absolute Gasteiger partial charge is 0.0351 e. The first-order chi connectivity index (χ1) is 10.1. The molecule has 0 aliphatic heterocycles. The standard InChI is InChI=1S/C19H23NS/c1-12-9-16-15(5-4-6-18(16)21-12)19-14-8-7-13(10-14)17(19)11-20(2)3/h4-6,9,13-14H,7-8,10-11H2,1-3H3. The molecule has 1 heterocycles. The molecule has 0 spiro atoms. The summed E-state index contributed by atoms with van der Waals surface area (Å²) in [7, 11) is 4.40. The highest BCUT2D eigenvalue weighted by Gasteiger charge is 2.39. The van der Waals surface area contributed by atoms with Crippen molar-refractivity contribution in [3.05, 3.63) is 40.3 Å². The molecule has 0 N–H and O–H groups in total.